The molecule has 1 amide bonds. The Morgan fingerprint density at radius 3 is 2.44 bits per heavy atom. The number of carbonyl (C=O) groups excluding carboxylic acids is 1. The van der Waals surface area contributed by atoms with E-state index in [9.17, 15) is 21.6 Å². The smallest absolute Gasteiger partial charge is 0.255 e. The number of sulfonamides is 1. The van der Waals surface area contributed by atoms with E-state index in [-0.39, 0.29) is 28.4 Å². The number of nitrogens with zero attached hydrogens (tertiary/aromatic N) is 1. The molecule has 0 radical (unpaired) electrons. The normalized spacial score (nSPS) is 20.8. The number of morpholine rings is 1. The standard InChI is InChI=1S/C21H25N3O6S2/c25-21(22-17-4-6-19(7-5-17)24-9-11-30-12-10-24)16-2-1-3-20(14-16)32(28,29)23-18-8-13-31(26,27)15-18/h1-7,14,18,23H,8-13,15H2,(H,22,25). The van der Waals surface area contributed by atoms with Crippen molar-refractivity contribution in [2.45, 2.75) is 17.4 Å². The summed E-state index contributed by atoms with van der Waals surface area (Å²) in [5.41, 5.74) is 1.82. The van der Waals surface area contributed by atoms with E-state index in [1.807, 2.05) is 12.1 Å². The maximum Gasteiger partial charge on any atom is 0.255 e. The molecule has 0 aliphatic carbocycles. The first-order valence-corrected chi connectivity index (χ1v) is 13.6. The van der Waals surface area contributed by atoms with Crippen LogP contribution in [-0.4, -0.2) is 66.6 Å². The molecule has 4 rings (SSSR count). The minimum atomic E-state index is -3.95. The SMILES string of the molecule is O=C(Nc1ccc(N2CCOCC2)cc1)c1cccc(S(=O)(=O)NC2CCS(=O)(=O)C2)c1. The van der Waals surface area contributed by atoms with Crippen molar-refractivity contribution in [3.05, 3.63) is 54.1 Å². The third-order valence-corrected chi connectivity index (χ3v) is 8.75. The summed E-state index contributed by atoms with van der Waals surface area (Å²) in [5, 5.41) is 2.77. The number of ether oxygens (including phenoxy) is 1. The average molecular weight is 480 g/mol. The monoisotopic (exact) mass is 479 g/mol. The predicted molar refractivity (Wildman–Crippen MR) is 121 cm³/mol. The van der Waals surface area contributed by atoms with E-state index >= 15 is 0 Å². The zero-order valence-corrected chi connectivity index (χ0v) is 19.0. The van der Waals surface area contributed by atoms with Crippen LogP contribution >= 0.6 is 0 Å². The Kier molecular flexibility index (Phi) is 6.52. The molecule has 0 spiro atoms. The average Bonchev–Trinajstić information content (AvgIpc) is 3.12. The van der Waals surface area contributed by atoms with Crippen molar-refractivity contribution in [2.24, 2.45) is 0 Å². The van der Waals surface area contributed by atoms with E-state index in [0.717, 1.165) is 18.8 Å². The molecule has 0 saturated carbocycles. The molecule has 1 unspecified atom stereocenters. The highest BCUT2D eigenvalue weighted by molar-refractivity contribution is 7.92. The van der Waals surface area contributed by atoms with E-state index in [2.05, 4.69) is 14.9 Å². The lowest BCUT2D eigenvalue weighted by Crippen LogP contribution is -2.36. The van der Waals surface area contributed by atoms with E-state index < -0.39 is 31.8 Å². The number of amides is 1. The molecule has 2 fully saturated rings. The summed E-state index contributed by atoms with van der Waals surface area (Å²) in [6, 6.07) is 12.4. The lowest BCUT2D eigenvalue weighted by Gasteiger charge is -2.28. The van der Waals surface area contributed by atoms with E-state index in [0.29, 0.717) is 18.9 Å². The van der Waals surface area contributed by atoms with Gasteiger partial charge in [-0.25, -0.2) is 21.6 Å². The zero-order valence-electron chi connectivity index (χ0n) is 17.4. The van der Waals surface area contributed by atoms with Crippen LogP contribution in [0.2, 0.25) is 0 Å². The van der Waals surface area contributed by atoms with Crippen LogP contribution < -0.4 is 14.9 Å². The summed E-state index contributed by atoms with van der Waals surface area (Å²) in [4.78, 5) is 14.8. The Morgan fingerprint density at radius 2 is 1.78 bits per heavy atom. The van der Waals surface area contributed by atoms with E-state index in [1.54, 1.807) is 12.1 Å². The van der Waals surface area contributed by atoms with E-state index in [1.165, 1.54) is 24.3 Å². The van der Waals surface area contributed by atoms with Crippen molar-refractivity contribution in [1.29, 1.82) is 0 Å². The van der Waals surface area contributed by atoms with Gasteiger partial charge in [0, 0.05) is 36.1 Å². The Bertz CT molecular complexity index is 1190. The lowest BCUT2D eigenvalue weighted by molar-refractivity contribution is 0.102. The number of hydrogen-bond donors (Lipinski definition) is 2. The molecule has 2 aliphatic rings. The summed E-state index contributed by atoms with van der Waals surface area (Å²) in [6.45, 7) is 2.99. The van der Waals surface area contributed by atoms with Gasteiger partial charge in [-0.3, -0.25) is 4.79 Å². The maximum absolute atomic E-state index is 12.7. The topological polar surface area (TPSA) is 122 Å². The van der Waals surface area contributed by atoms with Gasteiger partial charge in [0.15, 0.2) is 9.84 Å². The minimum absolute atomic E-state index is 0.0348. The van der Waals surface area contributed by atoms with Gasteiger partial charge < -0.3 is 15.0 Å². The number of anilines is 2. The molecule has 32 heavy (non-hydrogen) atoms. The minimum Gasteiger partial charge on any atom is -0.378 e. The number of benzene rings is 2. The molecule has 2 aromatic carbocycles. The van der Waals surface area contributed by atoms with Crippen LogP contribution in [0.3, 0.4) is 0 Å². The molecular formula is C21H25N3O6S2. The summed E-state index contributed by atoms with van der Waals surface area (Å²) >= 11 is 0. The highest BCUT2D eigenvalue weighted by atomic mass is 32.2. The summed E-state index contributed by atoms with van der Waals surface area (Å²) in [7, 11) is -7.17. The van der Waals surface area contributed by atoms with Gasteiger partial charge in [-0.05, 0) is 48.9 Å². The third-order valence-electron chi connectivity index (χ3n) is 5.46. The second-order valence-corrected chi connectivity index (χ2v) is 11.8. The predicted octanol–water partition coefficient (Wildman–Crippen LogP) is 1.24. The molecule has 2 N–H and O–H groups in total. The van der Waals surface area contributed by atoms with Crippen molar-refractivity contribution < 1.29 is 26.4 Å². The first kappa shape index (κ1) is 22.7. The zero-order chi connectivity index (χ0) is 22.8. The number of hydrogen-bond acceptors (Lipinski definition) is 7. The van der Waals surface area contributed by atoms with Crippen LogP contribution in [0, 0.1) is 0 Å². The Labute approximate surface area is 187 Å². The number of sulfone groups is 1. The summed E-state index contributed by atoms with van der Waals surface area (Å²) < 4.78 is 56.3. The highest BCUT2D eigenvalue weighted by Crippen LogP contribution is 2.21. The van der Waals surface area contributed by atoms with Crippen molar-refractivity contribution in [3.8, 4) is 0 Å². The van der Waals surface area contributed by atoms with Gasteiger partial charge in [0.2, 0.25) is 10.0 Å². The molecule has 11 heteroatoms. The van der Waals surface area contributed by atoms with Crippen LogP contribution in [-0.2, 0) is 24.6 Å². The second kappa shape index (κ2) is 9.18. The van der Waals surface area contributed by atoms with Crippen LogP contribution in [0.15, 0.2) is 53.4 Å². The number of rotatable bonds is 6. The molecule has 2 aliphatic heterocycles. The van der Waals surface area contributed by atoms with Gasteiger partial charge in [-0.15, -0.1) is 0 Å². The number of carbonyl (C=O) groups is 1. The largest absolute Gasteiger partial charge is 0.378 e. The molecular weight excluding hydrogens is 454 g/mol. The Hall–Kier alpha value is -2.47. The maximum atomic E-state index is 12.7. The van der Waals surface area contributed by atoms with Crippen LogP contribution in [0.1, 0.15) is 16.8 Å². The van der Waals surface area contributed by atoms with Crippen LogP contribution in [0.4, 0.5) is 11.4 Å². The van der Waals surface area contributed by atoms with Gasteiger partial charge in [0.25, 0.3) is 5.91 Å². The second-order valence-electron chi connectivity index (χ2n) is 7.85. The molecule has 0 bridgehead atoms. The summed E-state index contributed by atoms with van der Waals surface area (Å²) in [6.07, 6.45) is 0.238. The quantitative estimate of drug-likeness (QED) is 0.639. The summed E-state index contributed by atoms with van der Waals surface area (Å²) in [5.74, 6) is -0.690. The Morgan fingerprint density at radius 1 is 1.06 bits per heavy atom. The Balaban J connectivity index is 1.43. The highest BCUT2D eigenvalue weighted by Gasteiger charge is 2.31. The van der Waals surface area contributed by atoms with Crippen molar-refractivity contribution in [2.75, 3.05) is 48.0 Å². The van der Waals surface area contributed by atoms with Gasteiger partial charge in [-0.1, -0.05) is 6.07 Å². The molecule has 0 aromatic heterocycles. The molecule has 1 atom stereocenters. The van der Waals surface area contributed by atoms with Crippen molar-refractivity contribution >= 4 is 37.1 Å². The van der Waals surface area contributed by atoms with Crippen LogP contribution in [0.25, 0.3) is 0 Å². The van der Waals surface area contributed by atoms with E-state index in [4.69, 9.17) is 4.74 Å². The fraction of sp³-hybridized carbons (Fsp3) is 0.381. The molecule has 9 nitrogen and oxygen atoms in total. The molecule has 2 heterocycles. The van der Waals surface area contributed by atoms with Crippen LogP contribution in [0.5, 0.6) is 0 Å². The van der Waals surface area contributed by atoms with Crippen molar-refractivity contribution in [3.63, 3.8) is 0 Å². The van der Waals surface area contributed by atoms with Gasteiger partial charge in [-0.2, -0.15) is 0 Å². The lowest BCUT2D eigenvalue weighted by atomic mass is 10.2. The first-order chi connectivity index (χ1) is 15.2. The first-order valence-electron chi connectivity index (χ1n) is 10.3. The molecule has 2 aromatic rings. The van der Waals surface area contributed by atoms with Gasteiger partial charge in [0.1, 0.15) is 0 Å². The molecule has 172 valence electrons. The van der Waals surface area contributed by atoms with Gasteiger partial charge >= 0.3 is 0 Å². The third kappa shape index (κ3) is 5.47. The fourth-order valence-electron chi connectivity index (χ4n) is 3.76. The fourth-order valence-corrected chi connectivity index (χ4v) is 6.86. The van der Waals surface area contributed by atoms with Gasteiger partial charge in [0.05, 0.1) is 29.6 Å². The van der Waals surface area contributed by atoms with Crippen molar-refractivity contribution in [1.82, 2.24) is 4.72 Å². The number of nitrogens with one attached hydrogen (secondary N) is 2. The molecule has 2 saturated heterocycles.